The first-order chi connectivity index (χ1) is 11.9. The molecule has 2 heterocycles. The van der Waals surface area contributed by atoms with E-state index >= 15 is 0 Å². The van der Waals surface area contributed by atoms with Gasteiger partial charge in [-0.05, 0) is 51.4 Å². The van der Waals surface area contributed by atoms with Crippen molar-refractivity contribution in [1.29, 1.82) is 0 Å². The fraction of sp³-hybridized carbons (Fsp3) is 0.944. The van der Waals surface area contributed by atoms with Gasteiger partial charge in [0.1, 0.15) is 0 Å². The van der Waals surface area contributed by atoms with Crippen LogP contribution in [0.4, 0.5) is 0 Å². The van der Waals surface area contributed by atoms with Gasteiger partial charge in [0, 0.05) is 38.1 Å². The number of sulfonamides is 1. The maximum atomic E-state index is 13.1. The summed E-state index contributed by atoms with van der Waals surface area (Å²) >= 11 is 0. The Balaban J connectivity index is 0.00000243. The number of carbonyl (C=O) groups excluding carboxylic acids is 1. The lowest BCUT2D eigenvalue weighted by atomic mass is 9.93. The number of likely N-dealkylation sites (tertiary alicyclic amines) is 1. The molecule has 1 amide bonds. The first-order valence-electron chi connectivity index (χ1n) is 9.93. The van der Waals surface area contributed by atoms with Crippen molar-refractivity contribution in [3.63, 3.8) is 0 Å². The zero-order valence-corrected chi connectivity index (χ0v) is 17.4. The Hall–Kier alpha value is -0.370. The van der Waals surface area contributed by atoms with Gasteiger partial charge in [0.2, 0.25) is 15.9 Å². The molecule has 26 heavy (non-hydrogen) atoms. The summed E-state index contributed by atoms with van der Waals surface area (Å²) in [4.78, 5) is 14.5. The molecule has 3 rings (SSSR count). The van der Waals surface area contributed by atoms with Gasteiger partial charge in [-0.1, -0.05) is 12.8 Å². The highest BCUT2D eigenvalue weighted by Crippen LogP contribution is 2.30. The van der Waals surface area contributed by atoms with Crippen LogP contribution in [0.25, 0.3) is 0 Å². The van der Waals surface area contributed by atoms with E-state index in [-0.39, 0.29) is 36.2 Å². The second-order valence-corrected chi connectivity index (χ2v) is 10.4. The molecule has 3 atom stereocenters. The Kier molecular flexibility index (Phi) is 7.77. The molecule has 0 aromatic rings. The molecule has 8 heteroatoms. The monoisotopic (exact) mass is 407 g/mol. The zero-order chi connectivity index (χ0) is 18.0. The van der Waals surface area contributed by atoms with E-state index < -0.39 is 15.3 Å². The SMILES string of the molecule is CC(N)C1CCCN(S(=O)(=O)C2CCCN(C(=O)C3CCCC3)C2)C1.Cl. The van der Waals surface area contributed by atoms with E-state index in [0.29, 0.717) is 32.6 Å². The summed E-state index contributed by atoms with van der Waals surface area (Å²) in [5.41, 5.74) is 6.01. The molecule has 1 aliphatic carbocycles. The van der Waals surface area contributed by atoms with E-state index in [0.717, 1.165) is 44.9 Å². The van der Waals surface area contributed by atoms with Crippen molar-refractivity contribution >= 4 is 28.3 Å². The van der Waals surface area contributed by atoms with Gasteiger partial charge < -0.3 is 10.6 Å². The van der Waals surface area contributed by atoms with Crippen LogP contribution < -0.4 is 5.73 Å². The Morgan fingerprint density at radius 3 is 2.31 bits per heavy atom. The number of carbonyl (C=O) groups is 1. The third-order valence-corrected chi connectivity index (χ3v) is 8.62. The average Bonchev–Trinajstić information content (AvgIpc) is 3.16. The predicted octanol–water partition coefficient (Wildman–Crippen LogP) is 1.98. The van der Waals surface area contributed by atoms with Gasteiger partial charge in [-0.25, -0.2) is 12.7 Å². The minimum atomic E-state index is -3.36. The Labute approximate surface area is 164 Å². The standard InChI is InChI=1S/C18H33N3O3S.ClH/c1-14(19)16-8-4-11-21(12-16)25(23,24)17-9-5-10-20(13-17)18(22)15-6-2-3-7-15;/h14-17H,2-13,19H2,1H3;1H. The van der Waals surface area contributed by atoms with Crippen LogP contribution >= 0.6 is 12.4 Å². The molecule has 0 aromatic carbocycles. The van der Waals surface area contributed by atoms with Crippen molar-refractivity contribution in [2.24, 2.45) is 17.6 Å². The minimum Gasteiger partial charge on any atom is -0.341 e. The molecule has 0 aromatic heterocycles. The molecule has 0 spiro atoms. The molecule has 152 valence electrons. The topological polar surface area (TPSA) is 83.7 Å². The molecule has 2 saturated heterocycles. The second-order valence-electron chi connectivity index (χ2n) is 8.19. The highest BCUT2D eigenvalue weighted by atomic mass is 35.5. The lowest BCUT2D eigenvalue weighted by Gasteiger charge is -2.39. The normalized spacial score (nSPS) is 30.0. The number of piperidine rings is 2. The van der Waals surface area contributed by atoms with E-state index in [4.69, 9.17) is 5.73 Å². The van der Waals surface area contributed by atoms with Crippen LogP contribution in [0.15, 0.2) is 0 Å². The molecular weight excluding hydrogens is 374 g/mol. The fourth-order valence-corrected chi connectivity index (χ4v) is 6.69. The van der Waals surface area contributed by atoms with E-state index in [1.54, 1.807) is 4.31 Å². The molecule has 3 fully saturated rings. The van der Waals surface area contributed by atoms with Crippen LogP contribution in [0.5, 0.6) is 0 Å². The summed E-state index contributed by atoms with van der Waals surface area (Å²) in [6.07, 6.45) is 7.51. The average molecular weight is 408 g/mol. The molecule has 2 aliphatic heterocycles. The number of nitrogens with two attached hydrogens (primary N) is 1. The summed E-state index contributed by atoms with van der Waals surface area (Å²) in [6, 6.07) is 0.0183. The maximum absolute atomic E-state index is 13.1. The van der Waals surface area contributed by atoms with E-state index in [1.807, 2.05) is 11.8 Å². The summed E-state index contributed by atoms with van der Waals surface area (Å²) in [5.74, 6) is 0.548. The number of amides is 1. The van der Waals surface area contributed by atoms with Gasteiger partial charge >= 0.3 is 0 Å². The lowest BCUT2D eigenvalue weighted by Crippen LogP contribution is -2.53. The van der Waals surface area contributed by atoms with Crippen LogP contribution in [0.1, 0.15) is 58.3 Å². The fourth-order valence-electron chi connectivity index (χ4n) is 4.66. The largest absolute Gasteiger partial charge is 0.341 e. The molecule has 0 radical (unpaired) electrons. The first kappa shape index (κ1) is 21.9. The van der Waals surface area contributed by atoms with Crippen molar-refractivity contribution in [3.05, 3.63) is 0 Å². The number of nitrogens with zero attached hydrogens (tertiary/aromatic N) is 2. The van der Waals surface area contributed by atoms with Crippen molar-refractivity contribution in [2.45, 2.75) is 69.6 Å². The minimum absolute atomic E-state index is 0. The first-order valence-corrected chi connectivity index (χ1v) is 11.4. The van der Waals surface area contributed by atoms with Gasteiger partial charge in [-0.3, -0.25) is 4.79 Å². The van der Waals surface area contributed by atoms with Crippen LogP contribution in [0.2, 0.25) is 0 Å². The van der Waals surface area contributed by atoms with Gasteiger partial charge in [0.05, 0.1) is 5.25 Å². The molecule has 6 nitrogen and oxygen atoms in total. The highest BCUT2D eigenvalue weighted by Gasteiger charge is 2.40. The molecule has 1 saturated carbocycles. The van der Waals surface area contributed by atoms with Gasteiger partial charge in [0.25, 0.3) is 0 Å². The van der Waals surface area contributed by atoms with E-state index in [2.05, 4.69) is 0 Å². The molecule has 3 aliphatic rings. The number of rotatable bonds is 4. The molecule has 0 bridgehead atoms. The number of hydrogen-bond donors (Lipinski definition) is 1. The van der Waals surface area contributed by atoms with Crippen LogP contribution in [0, 0.1) is 11.8 Å². The second kappa shape index (κ2) is 9.22. The van der Waals surface area contributed by atoms with Crippen molar-refractivity contribution < 1.29 is 13.2 Å². The summed E-state index contributed by atoms with van der Waals surface area (Å²) in [6.45, 7) is 4.18. The predicted molar refractivity (Wildman–Crippen MR) is 106 cm³/mol. The summed E-state index contributed by atoms with van der Waals surface area (Å²) < 4.78 is 27.9. The maximum Gasteiger partial charge on any atom is 0.225 e. The van der Waals surface area contributed by atoms with Crippen molar-refractivity contribution in [2.75, 3.05) is 26.2 Å². The van der Waals surface area contributed by atoms with Crippen LogP contribution in [-0.2, 0) is 14.8 Å². The summed E-state index contributed by atoms with van der Waals surface area (Å²) in [7, 11) is -3.36. The molecule has 2 N–H and O–H groups in total. The smallest absolute Gasteiger partial charge is 0.225 e. The van der Waals surface area contributed by atoms with Crippen LogP contribution in [0.3, 0.4) is 0 Å². The summed E-state index contributed by atoms with van der Waals surface area (Å²) in [5, 5.41) is -0.446. The van der Waals surface area contributed by atoms with E-state index in [9.17, 15) is 13.2 Å². The molecule has 3 unspecified atom stereocenters. The third kappa shape index (κ3) is 4.72. The Morgan fingerprint density at radius 2 is 1.65 bits per heavy atom. The van der Waals surface area contributed by atoms with Crippen molar-refractivity contribution in [1.82, 2.24) is 9.21 Å². The van der Waals surface area contributed by atoms with Gasteiger partial charge in [0.15, 0.2) is 0 Å². The lowest BCUT2D eigenvalue weighted by molar-refractivity contribution is -0.136. The highest BCUT2D eigenvalue weighted by molar-refractivity contribution is 7.89. The number of halogens is 1. The zero-order valence-electron chi connectivity index (χ0n) is 15.8. The van der Waals surface area contributed by atoms with Gasteiger partial charge in [-0.15, -0.1) is 12.4 Å². The van der Waals surface area contributed by atoms with Gasteiger partial charge in [-0.2, -0.15) is 0 Å². The Morgan fingerprint density at radius 1 is 1.00 bits per heavy atom. The van der Waals surface area contributed by atoms with Crippen LogP contribution in [-0.4, -0.2) is 61.0 Å². The number of hydrogen-bond acceptors (Lipinski definition) is 4. The molecular formula is C18H34ClN3O3S. The third-order valence-electron chi connectivity index (χ3n) is 6.34. The van der Waals surface area contributed by atoms with Crippen molar-refractivity contribution in [3.8, 4) is 0 Å². The Bertz CT molecular complexity index is 578. The van der Waals surface area contributed by atoms with E-state index in [1.165, 1.54) is 0 Å². The quantitative estimate of drug-likeness (QED) is 0.772.